The Balaban J connectivity index is 1.25. The van der Waals surface area contributed by atoms with Gasteiger partial charge >= 0.3 is 17.9 Å². The van der Waals surface area contributed by atoms with Gasteiger partial charge in [0.25, 0.3) is 0 Å². The zero-order valence-electron chi connectivity index (χ0n) is 19.3. The molecular formula is C26H24F3N5O2. The second-order valence-electron chi connectivity index (χ2n) is 8.76. The lowest BCUT2D eigenvalue weighted by Crippen LogP contribution is -2.38. The van der Waals surface area contributed by atoms with Crippen molar-refractivity contribution in [1.82, 2.24) is 25.0 Å². The second-order valence-corrected chi connectivity index (χ2v) is 8.76. The van der Waals surface area contributed by atoms with Crippen molar-refractivity contribution in [1.29, 1.82) is 0 Å². The number of rotatable bonds is 7. The molecule has 1 fully saturated rings. The first-order valence-electron chi connectivity index (χ1n) is 11.7. The van der Waals surface area contributed by atoms with Crippen LogP contribution >= 0.6 is 0 Å². The molecule has 0 radical (unpaired) electrons. The predicted octanol–water partition coefficient (Wildman–Crippen LogP) is 4.72. The molecule has 0 spiro atoms. The topological polar surface area (TPSA) is 81.0 Å². The molecule has 10 heteroatoms. The Hall–Kier alpha value is -4.08. The van der Waals surface area contributed by atoms with E-state index < -0.39 is 23.5 Å². The normalized spacial score (nSPS) is 13.6. The standard InChI is InChI=1S/C26H24F3N5O2/c27-26(28,29)20-9-4-7-18(15-20)23-32-33(25(36)34(23)21-11-12-21)14-13-30-24(35)31-16-19-8-3-6-17-5-1-2-10-22(17)19/h1-10,15,21H,11-14,16H2,(H2,30,31,35). The number of hydrogen-bond acceptors (Lipinski definition) is 3. The van der Waals surface area contributed by atoms with E-state index in [1.807, 2.05) is 42.5 Å². The summed E-state index contributed by atoms with van der Waals surface area (Å²) in [4.78, 5) is 25.3. The molecule has 0 atom stereocenters. The summed E-state index contributed by atoms with van der Waals surface area (Å²) in [5.74, 6) is 0.203. The quantitative estimate of drug-likeness (QED) is 0.389. The molecule has 1 aromatic heterocycles. The maximum atomic E-state index is 13.2. The van der Waals surface area contributed by atoms with E-state index in [0.717, 1.165) is 41.3 Å². The van der Waals surface area contributed by atoms with E-state index in [2.05, 4.69) is 15.7 Å². The first kappa shape index (κ1) is 23.7. The van der Waals surface area contributed by atoms with Gasteiger partial charge in [0.15, 0.2) is 5.82 Å². The molecule has 7 nitrogen and oxygen atoms in total. The summed E-state index contributed by atoms with van der Waals surface area (Å²) in [6, 6.07) is 18.1. The van der Waals surface area contributed by atoms with Gasteiger partial charge < -0.3 is 10.6 Å². The molecule has 2 N–H and O–H groups in total. The van der Waals surface area contributed by atoms with Crippen LogP contribution in [0.3, 0.4) is 0 Å². The van der Waals surface area contributed by atoms with Gasteiger partial charge in [-0.1, -0.05) is 54.6 Å². The lowest BCUT2D eigenvalue weighted by molar-refractivity contribution is -0.137. The number of carbonyl (C=O) groups is 1. The van der Waals surface area contributed by atoms with E-state index in [0.29, 0.717) is 6.54 Å². The first-order chi connectivity index (χ1) is 17.3. The third kappa shape index (κ3) is 4.98. The third-order valence-electron chi connectivity index (χ3n) is 6.16. The van der Waals surface area contributed by atoms with Crippen molar-refractivity contribution in [3.05, 3.63) is 88.3 Å². The van der Waals surface area contributed by atoms with Gasteiger partial charge in [0, 0.05) is 24.7 Å². The SMILES string of the molecule is O=C(NCCn1nc(-c2cccc(C(F)(F)F)c2)n(C2CC2)c1=O)NCc1cccc2ccccc12. The third-order valence-corrected chi connectivity index (χ3v) is 6.16. The zero-order valence-corrected chi connectivity index (χ0v) is 19.3. The van der Waals surface area contributed by atoms with Crippen LogP contribution in [0.5, 0.6) is 0 Å². The minimum absolute atomic E-state index is 0.0762. The summed E-state index contributed by atoms with van der Waals surface area (Å²) in [5, 5.41) is 12.0. The number of nitrogens with zero attached hydrogens (tertiary/aromatic N) is 3. The van der Waals surface area contributed by atoms with Crippen LogP contribution in [0.25, 0.3) is 22.2 Å². The number of alkyl halides is 3. The Bertz CT molecular complexity index is 1470. The Morgan fingerprint density at radius 1 is 1.00 bits per heavy atom. The molecule has 0 aliphatic heterocycles. The van der Waals surface area contributed by atoms with Gasteiger partial charge in [0.1, 0.15) is 0 Å². The Morgan fingerprint density at radius 3 is 2.53 bits per heavy atom. The van der Waals surface area contributed by atoms with Gasteiger partial charge in [-0.25, -0.2) is 14.3 Å². The molecule has 5 rings (SSSR count). The highest BCUT2D eigenvalue weighted by Crippen LogP contribution is 2.37. The number of hydrogen-bond donors (Lipinski definition) is 2. The van der Waals surface area contributed by atoms with Crippen LogP contribution in [0, 0.1) is 0 Å². The molecule has 3 aromatic carbocycles. The van der Waals surface area contributed by atoms with E-state index in [9.17, 15) is 22.8 Å². The lowest BCUT2D eigenvalue weighted by Gasteiger charge is -2.09. The molecule has 2 amide bonds. The molecule has 186 valence electrons. The average molecular weight is 496 g/mol. The fourth-order valence-electron chi connectivity index (χ4n) is 4.22. The number of nitrogens with one attached hydrogen (secondary N) is 2. The van der Waals surface area contributed by atoms with Crippen molar-refractivity contribution < 1.29 is 18.0 Å². The van der Waals surface area contributed by atoms with Crippen molar-refractivity contribution in [2.75, 3.05) is 6.54 Å². The van der Waals surface area contributed by atoms with Crippen molar-refractivity contribution in [3.8, 4) is 11.4 Å². The number of amides is 2. The lowest BCUT2D eigenvalue weighted by atomic mass is 10.0. The monoisotopic (exact) mass is 495 g/mol. The second kappa shape index (κ2) is 9.52. The average Bonchev–Trinajstić information content (AvgIpc) is 3.65. The highest BCUT2D eigenvalue weighted by molar-refractivity contribution is 5.86. The van der Waals surface area contributed by atoms with Crippen LogP contribution in [0.1, 0.15) is 30.0 Å². The highest BCUT2D eigenvalue weighted by atomic mass is 19.4. The number of halogens is 3. The summed E-state index contributed by atoms with van der Waals surface area (Å²) < 4.78 is 42.2. The van der Waals surface area contributed by atoms with E-state index in [-0.39, 0.29) is 30.5 Å². The molecule has 1 saturated carbocycles. The van der Waals surface area contributed by atoms with Crippen LogP contribution in [-0.2, 0) is 19.3 Å². The number of urea groups is 1. The van der Waals surface area contributed by atoms with Crippen LogP contribution in [-0.4, -0.2) is 26.9 Å². The molecule has 4 aromatic rings. The Labute approximate surface area is 204 Å². The van der Waals surface area contributed by atoms with Crippen LogP contribution < -0.4 is 16.3 Å². The summed E-state index contributed by atoms with van der Waals surface area (Å²) >= 11 is 0. The molecule has 0 unspecified atom stereocenters. The van der Waals surface area contributed by atoms with E-state index in [1.54, 1.807) is 0 Å². The smallest absolute Gasteiger partial charge is 0.336 e. The Kier molecular flexibility index (Phi) is 6.26. The van der Waals surface area contributed by atoms with E-state index in [4.69, 9.17) is 0 Å². The van der Waals surface area contributed by atoms with E-state index in [1.165, 1.54) is 21.4 Å². The Morgan fingerprint density at radius 2 is 1.75 bits per heavy atom. The minimum atomic E-state index is -4.49. The maximum absolute atomic E-state index is 13.2. The van der Waals surface area contributed by atoms with Gasteiger partial charge in [-0.2, -0.15) is 13.2 Å². The fraction of sp³-hybridized carbons (Fsp3) is 0.269. The first-order valence-corrected chi connectivity index (χ1v) is 11.7. The van der Waals surface area contributed by atoms with Crippen LogP contribution in [0.2, 0.25) is 0 Å². The molecular weight excluding hydrogens is 471 g/mol. The van der Waals surface area contributed by atoms with E-state index >= 15 is 0 Å². The van der Waals surface area contributed by atoms with Crippen LogP contribution in [0.4, 0.5) is 18.0 Å². The summed E-state index contributed by atoms with van der Waals surface area (Å²) in [7, 11) is 0. The highest BCUT2D eigenvalue weighted by Gasteiger charge is 2.33. The van der Waals surface area contributed by atoms with Crippen molar-refractivity contribution >= 4 is 16.8 Å². The van der Waals surface area contributed by atoms with Crippen LogP contribution in [0.15, 0.2) is 71.5 Å². The largest absolute Gasteiger partial charge is 0.416 e. The fourth-order valence-corrected chi connectivity index (χ4v) is 4.22. The molecule has 36 heavy (non-hydrogen) atoms. The molecule has 1 aliphatic carbocycles. The predicted molar refractivity (Wildman–Crippen MR) is 129 cm³/mol. The molecule has 0 saturated heterocycles. The van der Waals surface area contributed by atoms with Crippen molar-refractivity contribution in [2.24, 2.45) is 0 Å². The van der Waals surface area contributed by atoms with Gasteiger partial charge in [-0.3, -0.25) is 4.57 Å². The van der Waals surface area contributed by atoms with Crippen molar-refractivity contribution in [3.63, 3.8) is 0 Å². The molecule has 1 heterocycles. The van der Waals surface area contributed by atoms with Crippen molar-refractivity contribution in [2.45, 2.75) is 38.1 Å². The molecule has 0 bridgehead atoms. The summed E-state index contributed by atoms with van der Waals surface area (Å²) in [5.41, 5.74) is 0.0125. The summed E-state index contributed by atoms with van der Waals surface area (Å²) in [6.45, 7) is 0.556. The van der Waals surface area contributed by atoms with Gasteiger partial charge in [-0.15, -0.1) is 5.10 Å². The zero-order chi connectivity index (χ0) is 25.3. The number of fused-ring (bicyclic) bond motifs is 1. The van der Waals surface area contributed by atoms with Gasteiger partial charge in [0.05, 0.1) is 12.1 Å². The molecule has 1 aliphatic rings. The van der Waals surface area contributed by atoms with Gasteiger partial charge in [0.2, 0.25) is 0 Å². The number of aromatic nitrogens is 3. The maximum Gasteiger partial charge on any atom is 0.416 e. The number of carbonyl (C=O) groups excluding carboxylic acids is 1. The van der Waals surface area contributed by atoms with Gasteiger partial charge in [-0.05, 0) is 41.3 Å². The minimum Gasteiger partial charge on any atom is -0.336 e. The summed E-state index contributed by atoms with van der Waals surface area (Å²) in [6.07, 6.45) is -2.95. The number of benzene rings is 3.